The number of anilines is 1. The molecule has 5 rings (SSSR count). The second-order valence-corrected chi connectivity index (χ2v) is 10.1. The van der Waals surface area contributed by atoms with Crippen molar-refractivity contribution in [2.45, 2.75) is 59.8 Å². The molecule has 2 heterocycles. The van der Waals surface area contributed by atoms with Crippen molar-refractivity contribution in [1.29, 1.82) is 5.26 Å². The first kappa shape index (κ1) is 25.5. The first-order valence-corrected chi connectivity index (χ1v) is 13.5. The van der Waals surface area contributed by atoms with Crippen LogP contribution in [0.25, 0.3) is 44.3 Å². The number of nitrogens with zero attached hydrogens (tertiary/aromatic N) is 3. The van der Waals surface area contributed by atoms with Gasteiger partial charge in [0.15, 0.2) is 5.58 Å². The summed E-state index contributed by atoms with van der Waals surface area (Å²) in [5.74, 6) is 0.108. The zero-order valence-electron chi connectivity index (χ0n) is 22.6. The Morgan fingerprint density at radius 3 is 2.53 bits per heavy atom. The van der Waals surface area contributed by atoms with E-state index >= 15 is 0 Å². The Morgan fingerprint density at radius 2 is 1.76 bits per heavy atom. The molecule has 194 valence electrons. The van der Waals surface area contributed by atoms with Crippen LogP contribution in [0, 0.1) is 25.2 Å². The van der Waals surface area contributed by atoms with E-state index in [0.717, 1.165) is 53.5 Å². The SMILES string of the molecule is CCCCCCN(CCC)c1ccc2c(C#N)c(-c3nc4c(o3)c(C)cc3ccc(C)cc34)c(=O)oc2c1. The van der Waals surface area contributed by atoms with E-state index in [-0.39, 0.29) is 17.0 Å². The third-order valence-corrected chi connectivity index (χ3v) is 7.18. The maximum Gasteiger partial charge on any atom is 0.350 e. The van der Waals surface area contributed by atoms with Gasteiger partial charge in [-0.25, -0.2) is 9.78 Å². The third-order valence-electron chi connectivity index (χ3n) is 7.18. The van der Waals surface area contributed by atoms with Crippen LogP contribution in [-0.4, -0.2) is 18.1 Å². The Balaban J connectivity index is 1.62. The number of aromatic nitrogens is 1. The Bertz CT molecular complexity index is 1740. The van der Waals surface area contributed by atoms with Crippen molar-refractivity contribution in [3.63, 3.8) is 0 Å². The van der Waals surface area contributed by atoms with E-state index in [1.54, 1.807) is 0 Å². The lowest BCUT2D eigenvalue weighted by Crippen LogP contribution is -2.25. The summed E-state index contributed by atoms with van der Waals surface area (Å²) >= 11 is 0. The third kappa shape index (κ3) is 4.65. The number of nitriles is 1. The first-order chi connectivity index (χ1) is 18.4. The number of hydrogen-bond acceptors (Lipinski definition) is 6. The molecule has 6 heteroatoms. The molecule has 0 radical (unpaired) electrons. The fourth-order valence-corrected chi connectivity index (χ4v) is 5.24. The van der Waals surface area contributed by atoms with E-state index in [1.807, 2.05) is 38.1 Å². The highest BCUT2D eigenvalue weighted by Gasteiger charge is 2.23. The van der Waals surface area contributed by atoms with Gasteiger partial charge in [0, 0.05) is 35.6 Å². The van der Waals surface area contributed by atoms with Crippen molar-refractivity contribution in [2.75, 3.05) is 18.0 Å². The summed E-state index contributed by atoms with van der Waals surface area (Å²) in [7, 11) is 0. The molecule has 0 N–H and O–H groups in total. The predicted octanol–water partition coefficient (Wildman–Crippen LogP) is 8.04. The van der Waals surface area contributed by atoms with Crippen LogP contribution in [0.15, 0.2) is 56.1 Å². The minimum atomic E-state index is -0.624. The summed E-state index contributed by atoms with van der Waals surface area (Å²) in [5.41, 5.74) is 4.36. The highest BCUT2D eigenvalue weighted by molar-refractivity contribution is 6.06. The summed E-state index contributed by atoms with van der Waals surface area (Å²) in [4.78, 5) is 20.4. The zero-order valence-corrected chi connectivity index (χ0v) is 22.6. The summed E-state index contributed by atoms with van der Waals surface area (Å²) in [6.45, 7) is 10.2. The highest BCUT2D eigenvalue weighted by Crippen LogP contribution is 2.35. The van der Waals surface area contributed by atoms with Gasteiger partial charge in [0.25, 0.3) is 0 Å². The lowest BCUT2D eigenvalue weighted by Gasteiger charge is -2.24. The molecule has 0 spiro atoms. The standard InChI is InChI=1S/C32H33N3O3/c1-5-7-8-9-15-35(14-6-2)23-12-13-24-26(19-33)28(32(36)37-27(24)18-23)31-34-29-25-16-20(3)10-11-22(25)17-21(4)30(29)38-31/h10-13,16-18H,5-9,14-15H2,1-4H3. The monoisotopic (exact) mass is 507 g/mol. The van der Waals surface area contributed by atoms with E-state index in [2.05, 4.69) is 43.0 Å². The van der Waals surface area contributed by atoms with Crippen LogP contribution >= 0.6 is 0 Å². The van der Waals surface area contributed by atoms with Gasteiger partial charge in [0.1, 0.15) is 22.7 Å². The average molecular weight is 508 g/mol. The van der Waals surface area contributed by atoms with Gasteiger partial charge in [-0.3, -0.25) is 0 Å². The molecule has 0 bridgehead atoms. The van der Waals surface area contributed by atoms with Crippen LogP contribution in [0.3, 0.4) is 0 Å². The van der Waals surface area contributed by atoms with Gasteiger partial charge in [-0.2, -0.15) is 5.26 Å². The maximum atomic E-state index is 13.3. The molecule has 5 aromatic rings. The van der Waals surface area contributed by atoms with Crippen LogP contribution < -0.4 is 10.5 Å². The van der Waals surface area contributed by atoms with Crippen LogP contribution in [0.2, 0.25) is 0 Å². The van der Waals surface area contributed by atoms with Gasteiger partial charge < -0.3 is 13.7 Å². The normalized spacial score (nSPS) is 11.4. The van der Waals surface area contributed by atoms with Crippen molar-refractivity contribution in [1.82, 2.24) is 4.98 Å². The van der Waals surface area contributed by atoms with Gasteiger partial charge in [-0.05, 0) is 61.9 Å². The molecule has 38 heavy (non-hydrogen) atoms. The largest absolute Gasteiger partial charge is 0.435 e. The second-order valence-electron chi connectivity index (χ2n) is 10.1. The van der Waals surface area contributed by atoms with Gasteiger partial charge >= 0.3 is 5.63 Å². The van der Waals surface area contributed by atoms with Crippen molar-refractivity contribution in [3.05, 3.63) is 69.6 Å². The molecule has 2 aromatic heterocycles. The number of hydrogen-bond donors (Lipinski definition) is 0. The average Bonchev–Trinajstić information content (AvgIpc) is 3.36. The summed E-state index contributed by atoms with van der Waals surface area (Å²) in [6, 6.07) is 16.2. The van der Waals surface area contributed by atoms with Gasteiger partial charge in [-0.1, -0.05) is 50.8 Å². The molecule has 0 aliphatic rings. The van der Waals surface area contributed by atoms with Crippen LogP contribution in [-0.2, 0) is 0 Å². The summed E-state index contributed by atoms with van der Waals surface area (Å²) in [6.07, 6.45) is 5.75. The summed E-state index contributed by atoms with van der Waals surface area (Å²) < 4.78 is 11.9. The molecule has 0 aliphatic carbocycles. The Labute approximate surface area is 222 Å². The zero-order chi connectivity index (χ0) is 26.8. The highest BCUT2D eigenvalue weighted by atomic mass is 16.4. The molecule has 0 atom stereocenters. The smallest absolute Gasteiger partial charge is 0.350 e. The van der Waals surface area contributed by atoms with E-state index < -0.39 is 5.63 Å². The van der Waals surface area contributed by atoms with Crippen molar-refractivity contribution in [3.8, 4) is 17.5 Å². The second kappa shape index (κ2) is 10.7. The minimum Gasteiger partial charge on any atom is -0.435 e. The van der Waals surface area contributed by atoms with Crippen molar-refractivity contribution in [2.24, 2.45) is 0 Å². The van der Waals surface area contributed by atoms with Gasteiger partial charge in [0.2, 0.25) is 5.89 Å². The molecule has 0 unspecified atom stereocenters. The van der Waals surface area contributed by atoms with E-state index in [4.69, 9.17) is 13.8 Å². The van der Waals surface area contributed by atoms with E-state index in [1.165, 1.54) is 19.3 Å². The molecule has 0 saturated carbocycles. The molecular formula is C32H33N3O3. The fraction of sp³-hybridized carbons (Fsp3) is 0.344. The Hall–Kier alpha value is -4.11. The molecule has 3 aromatic carbocycles. The lowest BCUT2D eigenvalue weighted by atomic mass is 10.0. The maximum absolute atomic E-state index is 13.3. The molecular weight excluding hydrogens is 474 g/mol. The first-order valence-electron chi connectivity index (χ1n) is 13.5. The molecule has 6 nitrogen and oxygen atoms in total. The van der Waals surface area contributed by atoms with Crippen molar-refractivity contribution >= 4 is 38.5 Å². The molecule has 0 saturated heterocycles. The molecule has 0 amide bonds. The number of benzene rings is 3. The number of fused-ring (bicyclic) bond motifs is 4. The number of oxazole rings is 1. The lowest BCUT2D eigenvalue weighted by molar-refractivity contribution is 0.552. The predicted molar refractivity (Wildman–Crippen MR) is 154 cm³/mol. The Kier molecular flexibility index (Phi) is 7.20. The summed E-state index contributed by atoms with van der Waals surface area (Å²) in [5, 5.41) is 12.7. The van der Waals surface area contributed by atoms with Gasteiger partial charge in [0.05, 0.1) is 5.56 Å². The number of rotatable bonds is 9. The number of unbranched alkanes of at least 4 members (excludes halogenated alkanes) is 3. The topological polar surface area (TPSA) is 83.3 Å². The van der Waals surface area contributed by atoms with E-state index in [0.29, 0.717) is 22.1 Å². The minimum absolute atomic E-state index is 0.0640. The fourth-order valence-electron chi connectivity index (χ4n) is 5.24. The van der Waals surface area contributed by atoms with Crippen LogP contribution in [0.4, 0.5) is 5.69 Å². The van der Waals surface area contributed by atoms with Crippen molar-refractivity contribution < 1.29 is 8.83 Å². The van der Waals surface area contributed by atoms with Crippen LogP contribution in [0.1, 0.15) is 62.6 Å². The quantitative estimate of drug-likeness (QED) is 0.148. The Morgan fingerprint density at radius 1 is 0.921 bits per heavy atom. The number of aryl methyl sites for hydroxylation is 2. The van der Waals surface area contributed by atoms with Gasteiger partial charge in [-0.15, -0.1) is 0 Å². The molecule has 0 fully saturated rings. The van der Waals surface area contributed by atoms with Crippen LogP contribution in [0.5, 0.6) is 0 Å². The van der Waals surface area contributed by atoms with E-state index in [9.17, 15) is 10.1 Å². The molecule has 0 aliphatic heterocycles.